The minimum Gasteiger partial charge on any atom is -0.496 e. The molecule has 0 fully saturated rings. The molecule has 0 unspecified atom stereocenters. The van der Waals surface area contributed by atoms with E-state index in [4.69, 9.17) is 4.74 Å². The zero-order valence-corrected chi connectivity index (χ0v) is 11.0. The standard InChI is InChI=1S/C18H16O/c1-19-18-10-6-5-9-17(18)16-12-11-15(13-16)14-7-3-2-4-8-14/h2-12H,13H2,1H3. The zero-order valence-electron chi connectivity index (χ0n) is 11.0. The molecule has 0 aromatic heterocycles. The van der Waals surface area contributed by atoms with E-state index in [0.29, 0.717) is 0 Å². The van der Waals surface area contributed by atoms with Gasteiger partial charge in [0.15, 0.2) is 0 Å². The Hall–Kier alpha value is -2.28. The minimum absolute atomic E-state index is 0.941. The second-order valence-electron chi connectivity index (χ2n) is 4.63. The fraction of sp³-hybridized carbons (Fsp3) is 0.111. The Labute approximate surface area is 113 Å². The van der Waals surface area contributed by atoms with Crippen molar-refractivity contribution in [2.75, 3.05) is 7.11 Å². The van der Waals surface area contributed by atoms with Gasteiger partial charge in [0.25, 0.3) is 0 Å². The highest BCUT2D eigenvalue weighted by molar-refractivity contribution is 5.88. The molecule has 3 rings (SSSR count). The molecule has 19 heavy (non-hydrogen) atoms. The number of para-hydroxylation sites is 1. The summed E-state index contributed by atoms with van der Waals surface area (Å²) in [5.74, 6) is 0.941. The van der Waals surface area contributed by atoms with Crippen molar-refractivity contribution in [1.29, 1.82) is 0 Å². The van der Waals surface area contributed by atoms with Crippen LogP contribution in [0.15, 0.2) is 66.7 Å². The zero-order chi connectivity index (χ0) is 13.1. The number of rotatable bonds is 3. The molecule has 2 aromatic carbocycles. The first kappa shape index (κ1) is 11.8. The summed E-state index contributed by atoms with van der Waals surface area (Å²) in [7, 11) is 1.72. The van der Waals surface area contributed by atoms with E-state index in [2.05, 4.69) is 48.6 Å². The molecule has 1 aliphatic rings. The van der Waals surface area contributed by atoms with Gasteiger partial charge in [0.05, 0.1) is 7.11 Å². The van der Waals surface area contributed by atoms with Crippen LogP contribution in [0.5, 0.6) is 5.75 Å². The number of benzene rings is 2. The van der Waals surface area contributed by atoms with E-state index >= 15 is 0 Å². The van der Waals surface area contributed by atoms with Crippen molar-refractivity contribution >= 4 is 11.1 Å². The topological polar surface area (TPSA) is 9.23 Å². The molecule has 2 aromatic rings. The third kappa shape index (κ3) is 2.32. The first-order valence-electron chi connectivity index (χ1n) is 6.47. The van der Waals surface area contributed by atoms with Crippen molar-refractivity contribution in [3.8, 4) is 5.75 Å². The lowest BCUT2D eigenvalue weighted by atomic mass is 9.98. The fourth-order valence-electron chi connectivity index (χ4n) is 2.47. The van der Waals surface area contributed by atoms with Crippen molar-refractivity contribution in [2.24, 2.45) is 0 Å². The number of hydrogen-bond acceptors (Lipinski definition) is 1. The molecule has 1 heteroatoms. The number of hydrogen-bond donors (Lipinski definition) is 0. The van der Waals surface area contributed by atoms with E-state index in [0.717, 1.165) is 12.2 Å². The molecule has 0 aliphatic heterocycles. The Morgan fingerprint density at radius 3 is 2.26 bits per heavy atom. The highest BCUT2D eigenvalue weighted by atomic mass is 16.5. The average Bonchev–Trinajstić information content (AvgIpc) is 2.98. The van der Waals surface area contributed by atoms with Crippen LogP contribution >= 0.6 is 0 Å². The summed E-state index contributed by atoms with van der Waals surface area (Å²) >= 11 is 0. The third-order valence-electron chi connectivity index (χ3n) is 3.46. The van der Waals surface area contributed by atoms with Crippen molar-refractivity contribution in [1.82, 2.24) is 0 Å². The summed E-state index contributed by atoms with van der Waals surface area (Å²) in [6.45, 7) is 0. The van der Waals surface area contributed by atoms with Gasteiger partial charge < -0.3 is 4.74 Å². The predicted octanol–water partition coefficient (Wildman–Crippen LogP) is 4.57. The summed E-state index contributed by atoms with van der Waals surface area (Å²) < 4.78 is 5.43. The van der Waals surface area contributed by atoms with Gasteiger partial charge in [-0.2, -0.15) is 0 Å². The van der Waals surface area contributed by atoms with Crippen LogP contribution in [0.4, 0.5) is 0 Å². The number of allylic oxidation sites excluding steroid dienone is 4. The van der Waals surface area contributed by atoms with Crippen molar-refractivity contribution < 1.29 is 4.74 Å². The van der Waals surface area contributed by atoms with Crippen LogP contribution in [0, 0.1) is 0 Å². The van der Waals surface area contributed by atoms with Crippen molar-refractivity contribution in [3.63, 3.8) is 0 Å². The van der Waals surface area contributed by atoms with Crippen LogP contribution in [-0.2, 0) is 0 Å². The van der Waals surface area contributed by atoms with Gasteiger partial charge in [-0.15, -0.1) is 0 Å². The van der Waals surface area contributed by atoms with Gasteiger partial charge in [0.2, 0.25) is 0 Å². The maximum atomic E-state index is 5.43. The first-order chi connectivity index (χ1) is 9.38. The second kappa shape index (κ2) is 5.15. The molecular weight excluding hydrogens is 232 g/mol. The third-order valence-corrected chi connectivity index (χ3v) is 3.46. The quantitative estimate of drug-likeness (QED) is 0.773. The molecule has 0 atom stereocenters. The highest BCUT2D eigenvalue weighted by Gasteiger charge is 2.14. The Morgan fingerprint density at radius 2 is 1.47 bits per heavy atom. The molecule has 0 heterocycles. The fourth-order valence-corrected chi connectivity index (χ4v) is 2.47. The van der Waals surface area contributed by atoms with Crippen molar-refractivity contribution in [2.45, 2.75) is 6.42 Å². The van der Waals surface area contributed by atoms with Crippen LogP contribution in [0.1, 0.15) is 17.5 Å². The molecule has 94 valence electrons. The molecule has 0 bridgehead atoms. The minimum atomic E-state index is 0.941. The van der Waals surface area contributed by atoms with Crippen LogP contribution < -0.4 is 4.74 Å². The molecule has 0 N–H and O–H groups in total. The second-order valence-corrected chi connectivity index (χ2v) is 4.63. The largest absolute Gasteiger partial charge is 0.496 e. The molecule has 0 amide bonds. The van der Waals surface area contributed by atoms with Crippen LogP contribution in [0.3, 0.4) is 0 Å². The number of methoxy groups -OCH3 is 1. The highest BCUT2D eigenvalue weighted by Crippen LogP contribution is 2.37. The van der Waals surface area contributed by atoms with Gasteiger partial charge >= 0.3 is 0 Å². The summed E-state index contributed by atoms with van der Waals surface area (Å²) in [5.41, 5.74) is 5.16. The molecule has 0 spiro atoms. The Kier molecular flexibility index (Phi) is 3.20. The Bertz CT molecular complexity index is 636. The summed E-state index contributed by atoms with van der Waals surface area (Å²) in [6, 6.07) is 18.7. The van der Waals surface area contributed by atoms with Crippen LogP contribution in [-0.4, -0.2) is 7.11 Å². The van der Waals surface area contributed by atoms with Crippen LogP contribution in [0.2, 0.25) is 0 Å². The molecule has 1 nitrogen and oxygen atoms in total. The van der Waals surface area contributed by atoms with Gasteiger partial charge in [-0.3, -0.25) is 0 Å². The van der Waals surface area contributed by atoms with E-state index in [9.17, 15) is 0 Å². The van der Waals surface area contributed by atoms with Gasteiger partial charge in [-0.25, -0.2) is 0 Å². The Morgan fingerprint density at radius 1 is 0.789 bits per heavy atom. The van der Waals surface area contributed by atoms with Crippen LogP contribution in [0.25, 0.3) is 11.1 Å². The monoisotopic (exact) mass is 248 g/mol. The molecule has 1 aliphatic carbocycles. The van der Waals surface area contributed by atoms with Gasteiger partial charge in [0, 0.05) is 5.56 Å². The normalized spacial score (nSPS) is 13.9. The number of ether oxygens (including phenoxy) is 1. The summed E-state index contributed by atoms with van der Waals surface area (Å²) in [5, 5.41) is 0. The SMILES string of the molecule is COc1ccccc1C1=CC=C(c2ccccc2)C1. The van der Waals surface area contributed by atoms with E-state index in [1.807, 2.05) is 18.2 Å². The summed E-state index contributed by atoms with van der Waals surface area (Å²) in [6.07, 6.45) is 5.36. The average molecular weight is 248 g/mol. The van der Waals surface area contributed by atoms with E-state index in [1.54, 1.807) is 7.11 Å². The van der Waals surface area contributed by atoms with E-state index in [1.165, 1.54) is 22.3 Å². The maximum absolute atomic E-state index is 5.43. The molecular formula is C18H16O. The first-order valence-corrected chi connectivity index (χ1v) is 6.47. The lowest BCUT2D eigenvalue weighted by Gasteiger charge is -2.10. The summed E-state index contributed by atoms with van der Waals surface area (Å²) in [4.78, 5) is 0. The van der Waals surface area contributed by atoms with E-state index < -0.39 is 0 Å². The maximum Gasteiger partial charge on any atom is 0.126 e. The molecule has 0 saturated heterocycles. The molecule has 0 saturated carbocycles. The lowest BCUT2D eigenvalue weighted by Crippen LogP contribution is -1.90. The lowest BCUT2D eigenvalue weighted by molar-refractivity contribution is 0.413. The van der Waals surface area contributed by atoms with E-state index in [-0.39, 0.29) is 0 Å². The smallest absolute Gasteiger partial charge is 0.126 e. The van der Waals surface area contributed by atoms with Crippen molar-refractivity contribution in [3.05, 3.63) is 77.9 Å². The predicted molar refractivity (Wildman–Crippen MR) is 80.0 cm³/mol. The Balaban J connectivity index is 1.85. The molecule has 0 radical (unpaired) electrons. The van der Waals surface area contributed by atoms with Gasteiger partial charge in [-0.1, -0.05) is 60.7 Å². The van der Waals surface area contributed by atoms with Gasteiger partial charge in [0.1, 0.15) is 5.75 Å². The van der Waals surface area contributed by atoms with Gasteiger partial charge in [-0.05, 0) is 29.2 Å².